The zero-order valence-corrected chi connectivity index (χ0v) is 13.1. The third-order valence-corrected chi connectivity index (χ3v) is 4.03. The highest BCUT2D eigenvalue weighted by atomic mass is 16.5. The van der Waals surface area contributed by atoms with Gasteiger partial charge in [-0.25, -0.2) is 0 Å². The van der Waals surface area contributed by atoms with Gasteiger partial charge in [-0.05, 0) is 43.5 Å². The number of anilines is 1. The van der Waals surface area contributed by atoms with Gasteiger partial charge in [-0.15, -0.1) is 0 Å². The van der Waals surface area contributed by atoms with E-state index < -0.39 is 0 Å². The van der Waals surface area contributed by atoms with E-state index in [-0.39, 0.29) is 5.91 Å². The minimum Gasteiger partial charge on any atom is -0.490 e. The van der Waals surface area contributed by atoms with Crippen LogP contribution in [0.1, 0.15) is 23.1 Å². The molecule has 0 fully saturated rings. The molecule has 114 valence electrons. The van der Waals surface area contributed by atoms with Crippen molar-refractivity contribution in [3.05, 3.63) is 59.2 Å². The van der Waals surface area contributed by atoms with Crippen LogP contribution in [-0.2, 0) is 11.2 Å². The normalized spacial score (nSPS) is 13.5. The second-order valence-corrected chi connectivity index (χ2v) is 5.85. The maximum absolute atomic E-state index is 12.6. The van der Waals surface area contributed by atoms with Gasteiger partial charge in [0.1, 0.15) is 12.4 Å². The number of ether oxygens (including phenoxy) is 1. The highest BCUT2D eigenvalue weighted by Crippen LogP contribution is 2.32. The molecule has 1 aliphatic rings. The molecule has 3 heteroatoms. The molecule has 1 amide bonds. The van der Waals surface area contributed by atoms with Crippen molar-refractivity contribution in [2.24, 2.45) is 0 Å². The van der Waals surface area contributed by atoms with Gasteiger partial charge in [0.2, 0.25) is 5.91 Å². The minimum absolute atomic E-state index is 0.163. The van der Waals surface area contributed by atoms with E-state index in [1.54, 1.807) is 0 Å². The summed E-state index contributed by atoms with van der Waals surface area (Å²) in [5.74, 6) is 0.969. The quantitative estimate of drug-likeness (QED) is 0.865. The molecule has 0 spiro atoms. The Morgan fingerprint density at radius 1 is 1.09 bits per heavy atom. The molecule has 2 aromatic rings. The summed E-state index contributed by atoms with van der Waals surface area (Å²) in [7, 11) is 0. The summed E-state index contributed by atoms with van der Waals surface area (Å²) in [5, 5.41) is 0. The lowest BCUT2D eigenvalue weighted by Gasteiger charge is -2.30. The smallest absolute Gasteiger partial charge is 0.227 e. The van der Waals surface area contributed by atoms with Crippen molar-refractivity contribution in [1.82, 2.24) is 0 Å². The number of rotatable bonds is 3. The molecule has 2 aromatic carbocycles. The number of aryl methyl sites for hydroxylation is 3. The van der Waals surface area contributed by atoms with E-state index in [2.05, 4.69) is 31.2 Å². The van der Waals surface area contributed by atoms with Crippen LogP contribution in [0.3, 0.4) is 0 Å². The largest absolute Gasteiger partial charge is 0.490 e. The lowest BCUT2D eigenvalue weighted by Crippen LogP contribution is -2.38. The van der Waals surface area contributed by atoms with Crippen LogP contribution in [-0.4, -0.2) is 19.1 Å². The molecular formula is C19H21NO2. The maximum atomic E-state index is 12.6. The Morgan fingerprint density at radius 3 is 2.59 bits per heavy atom. The maximum Gasteiger partial charge on any atom is 0.227 e. The van der Waals surface area contributed by atoms with Gasteiger partial charge >= 0.3 is 0 Å². The summed E-state index contributed by atoms with van der Waals surface area (Å²) >= 11 is 0. The third-order valence-electron chi connectivity index (χ3n) is 4.03. The average molecular weight is 295 g/mol. The van der Waals surface area contributed by atoms with Gasteiger partial charge in [0, 0.05) is 6.42 Å². The number of hydrogen-bond acceptors (Lipinski definition) is 2. The molecule has 22 heavy (non-hydrogen) atoms. The van der Waals surface area contributed by atoms with Crippen LogP contribution in [0.2, 0.25) is 0 Å². The summed E-state index contributed by atoms with van der Waals surface area (Å²) in [6, 6.07) is 14.4. The highest BCUT2D eigenvalue weighted by Gasteiger charge is 2.23. The van der Waals surface area contributed by atoms with E-state index in [1.807, 2.05) is 30.0 Å². The molecular weight excluding hydrogens is 274 g/mol. The van der Waals surface area contributed by atoms with Crippen molar-refractivity contribution in [3.63, 3.8) is 0 Å². The van der Waals surface area contributed by atoms with Gasteiger partial charge in [-0.1, -0.05) is 35.9 Å². The molecule has 0 bridgehead atoms. The van der Waals surface area contributed by atoms with Crippen LogP contribution in [0.4, 0.5) is 5.69 Å². The Morgan fingerprint density at radius 2 is 1.82 bits per heavy atom. The number of benzene rings is 2. The molecule has 0 atom stereocenters. The van der Waals surface area contributed by atoms with Gasteiger partial charge in [0.25, 0.3) is 0 Å². The predicted molar refractivity (Wildman–Crippen MR) is 88.5 cm³/mol. The summed E-state index contributed by atoms with van der Waals surface area (Å²) in [4.78, 5) is 14.4. The van der Waals surface area contributed by atoms with E-state index >= 15 is 0 Å². The van der Waals surface area contributed by atoms with E-state index in [9.17, 15) is 4.79 Å². The zero-order valence-electron chi connectivity index (χ0n) is 13.1. The molecule has 1 aliphatic heterocycles. The Hall–Kier alpha value is -2.29. The van der Waals surface area contributed by atoms with Gasteiger partial charge in [0.15, 0.2) is 0 Å². The lowest BCUT2D eigenvalue weighted by atomic mass is 10.1. The van der Waals surface area contributed by atoms with Crippen LogP contribution in [0.15, 0.2) is 42.5 Å². The number of amides is 1. The molecule has 0 aliphatic carbocycles. The third kappa shape index (κ3) is 3.14. The first-order chi connectivity index (χ1) is 10.6. The van der Waals surface area contributed by atoms with Gasteiger partial charge in [0.05, 0.1) is 12.2 Å². The van der Waals surface area contributed by atoms with E-state index in [4.69, 9.17) is 4.74 Å². The van der Waals surface area contributed by atoms with Crippen LogP contribution < -0.4 is 9.64 Å². The van der Waals surface area contributed by atoms with Crippen molar-refractivity contribution in [2.45, 2.75) is 26.7 Å². The fourth-order valence-electron chi connectivity index (χ4n) is 2.73. The molecule has 3 rings (SSSR count). The fourth-order valence-corrected chi connectivity index (χ4v) is 2.73. The summed E-state index contributed by atoms with van der Waals surface area (Å²) in [6.45, 7) is 5.29. The average Bonchev–Trinajstić information content (AvgIpc) is 2.53. The van der Waals surface area contributed by atoms with Crippen molar-refractivity contribution < 1.29 is 9.53 Å². The molecule has 0 radical (unpaired) electrons. The van der Waals surface area contributed by atoms with E-state index in [0.717, 1.165) is 23.4 Å². The van der Waals surface area contributed by atoms with Crippen LogP contribution in [0.25, 0.3) is 0 Å². The first-order valence-electron chi connectivity index (χ1n) is 7.73. The summed E-state index contributed by atoms with van der Waals surface area (Å²) < 4.78 is 5.64. The molecule has 3 nitrogen and oxygen atoms in total. The Balaban J connectivity index is 1.71. The summed E-state index contributed by atoms with van der Waals surface area (Å²) in [5.41, 5.74) is 4.49. The second-order valence-electron chi connectivity index (χ2n) is 5.85. The van der Waals surface area contributed by atoms with Gasteiger partial charge in [-0.3, -0.25) is 4.79 Å². The molecule has 0 aromatic heterocycles. The van der Waals surface area contributed by atoms with Gasteiger partial charge < -0.3 is 9.64 Å². The summed E-state index contributed by atoms with van der Waals surface area (Å²) in [6.07, 6.45) is 1.30. The lowest BCUT2D eigenvalue weighted by molar-refractivity contribution is -0.118. The number of hydrogen-bond donors (Lipinski definition) is 0. The van der Waals surface area contributed by atoms with Crippen molar-refractivity contribution in [3.8, 4) is 5.75 Å². The Labute approximate surface area is 131 Å². The first kappa shape index (κ1) is 14.6. The number of carbonyl (C=O) groups excluding carboxylic acids is 1. The molecule has 1 heterocycles. The number of fused-ring (bicyclic) bond motifs is 1. The van der Waals surface area contributed by atoms with Crippen LogP contribution in [0.5, 0.6) is 5.75 Å². The van der Waals surface area contributed by atoms with Crippen LogP contribution >= 0.6 is 0 Å². The standard InChI is InChI=1S/C19H21NO2/c1-14-3-6-16(7-4-14)8-10-19(21)20-11-12-22-18-9-5-15(2)13-17(18)20/h3-7,9,13H,8,10-12H2,1-2H3. The fraction of sp³-hybridized carbons (Fsp3) is 0.316. The monoisotopic (exact) mass is 295 g/mol. The number of carbonyl (C=O) groups is 1. The van der Waals surface area contributed by atoms with E-state index in [0.29, 0.717) is 19.6 Å². The predicted octanol–water partition coefficient (Wildman–Crippen LogP) is 3.66. The molecule has 0 saturated carbocycles. The van der Waals surface area contributed by atoms with Crippen LogP contribution in [0, 0.1) is 13.8 Å². The van der Waals surface area contributed by atoms with Crippen molar-refractivity contribution in [2.75, 3.05) is 18.1 Å². The Bertz CT molecular complexity index is 676. The highest BCUT2D eigenvalue weighted by molar-refractivity contribution is 5.95. The topological polar surface area (TPSA) is 29.5 Å². The molecule has 0 saturated heterocycles. The van der Waals surface area contributed by atoms with Crippen molar-refractivity contribution in [1.29, 1.82) is 0 Å². The minimum atomic E-state index is 0.163. The molecule has 0 unspecified atom stereocenters. The SMILES string of the molecule is Cc1ccc(CCC(=O)N2CCOc3ccc(C)cc32)cc1. The van der Waals surface area contributed by atoms with E-state index in [1.165, 1.54) is 11.1 Å². The first-order valence-corrected chi connectivity index (χ1v) is 7.73. The van der Waals surface area contributed by atoms with Crippen molar-refractivity contribution >= 4 is 11.6 Å². The molecule has 0 N–H and O–H groups in total. The zero-order chi connectivity index (χ0) is 15.5. The Kier molecular flexibility index (Phi) is 4.14. The van der Waals surface area contributed by atoms with Gasteiger partial charge in [-0.2, -0.15) is 0 Å². The second kappa shape index (κ2) is 6.22. The number of nitrogens with zero attached hydrogens (tertiary/aromatic N) is 1.